The number of aromatic nitrogens is 1. The predicted octanol–water partition coefficient (Wildman–Crippen LogP) is 5.38. The molecule has 4 rings (SSSR count). The second-order valence-electron chi connectivity index (χ2n) is 10.5. The summed E-state index contributed by atoms with van der Waals surface area (Å²) in [4.78, 5) is 16.9. The zero-order valence-electron chi connectivity index (χ0n) is 21.9. The summed E-state index contributed by atoms with van der Waals surface area (Å²) in [6.07, 6.45) is 1.42. The van der Waals surface area contributed by atoms with E-state index in [1.54, 1.807) is 13.0 Å². The number of carbonyl (C=O) groups is 1. The Morgan fingerprint density at radius 3 is 2.79 bits per heavy atom. The Morgan fingerprint density at radius 1 is 1.32 bits per heavy atom. The Hall–Kier alpha value is -2.85. The van der Waals surface area contributed by atoms with Gasteiger partial charge in [-0.15, -0.1) is 0 Å². The molecular weight excluding hydrogens is 502 g/mol. The van der Waals surface area contributed by atoms with Crippen LogP contribution in [-0.2, 0) is 16.0 Å². The van der Waals surface area contributed by atoms with Gasteiger partial charge in [0, 0.05) is 35.7 Å². The molecule has 3 N–H and O–H groups in total. The van der Waals surface area contributed by atoms with E-state index in [2.05, 4.69) is 10.3 Å². The fourth-order valence-electron chi connectivity index (χ4n) is 5.64. The molecule has 0 radical (unpaired) electrons. The average Bonchev–Trinajstić information content (AvgIpc) is 3.23. The molecule has 5 atom stereocenters. The van der Waals surface area contributed by atoms with E-state index in [1.807, 2.05) is 11.8 Å². The molecule has 2 aliphatic rings. The fourth-order valence-corrected chi connectivity index (χ4v) is 5.64. The smallest absolute Gasteiger partial charge is 0.307 e. The second kappa shape index (κ2) is 11.5. The van der Waals surface area contributed by atoms with Gasteiger partial charge in [0.05, 0.1) is 24.0 Å². The normalized spacial score (nSPS) is 26.6. The topological polar surface area (TPSA) is 77.6 Å². The third-order valence-corrected chi connectivity index (χ3v) is 7.77. The van der Waals surface area contributed by atoms with Gasteiger partial charge in [-0.25, -0.2) is 13.2 Å². The van der Waals surface area contributed by atoms with Crippen LogP contribution in [0.2, 0.25) is 0 Å². The van der Waals surface area contributed by atoms with Crippen molar-refractivity contribution in [1.29, 1.82) is 0 Å². The van der Waals surface area contributed by atoms with Crippen molar-refractivity contribution >= 4 is 16.9 Å². The van der Waals surface area contributed by atoms with Gasteiger partial charge in [-0.3, -0.25) is 14.1 Å². The number of hydrogen-bond acceptors (Lipinski definition) is 4. The van der Waals surface area contributed by atoms with Crippen molar-refractivity contribution in [2.75, 3.05) is 32.9 Å². The maximum absolute atomic E-state index is 16.4. The van der Waals surface area contributed by atoms with Crippen LogP contribution in [0.1, 0.15) is 44.5 Å². The summed E-state index contributed by atoms with van der Waals surface area (Å²) >= 11 is 0. The second-order valence-corrected chi connectivity index (χ2v) is 10.5. The molecule has 2 unspecified atom stereocenters. The van der Waals surface area contributed by atoms with Crippen LogP contribution in [0.3, 0.4) is 0 Å². The van der Waals surface area contributed by atoms with Crippen LogP contribution in [0.5, 0.6) is 0 Å². The number of hydrogen-bond donors (Lipinski definition) is 3. The van der Waals surface area contributed by atoms with Crippen LogP contribution in [0.25, 0.3) is 10.9 Å². The number of allylic oxidation sites excluding steroid dienone is 3. The number of ether oxygens (including phenoxy) is 1. The van der Waals surface area contributed by atoms with Gasteiger partial charge in [-0.1, -0.05) is 6.92 Å². The van der Waals surface area contributed by atoms with E-state index in [-0.39, 0.29) is 25.0 Å². The van der Waals surface area contributed by atoms with E-state index >= 15 is 8.78 Å². The molecule has 0 bridgehead atoms. The molecule has 0 saturated carbocycles. The molecule has 1 aliphatic heterocycles. The lowest BCUT2D eigenvalue weighted by Crippen LogP contribution is -2.54. The monoisotopic (exact) mass is 537 g/mol. The SMILES string of the molecule is C[C@@H]1Cc2c([nH]c3ccc(F)cc23)[C@@H](C2(C)C(F)=CC=C(OCCNCCCF)C2F)N1C[C@H](C)C(=O)O. The quantitative estimate of drug-likeness (QED) is 0.265. The van der Waals surface area contributed by atoms with E-state index in [9.17, 15) is 18.7 Å². The zero-order valence-corrected chi connectivity index (χ0v) is 21.9. The molecule has 38 heavy (non-hydrogen) atoms. The summed E-state index contributed by atoms with van der Waals surface area (Å²) in [5.41, 5.74) is 0.204. The molecule has 1 aromatic carbocycles. The number of carboxylic acid groups (broad SMARTS) is 1. The molecule has 0 spiro atoms. The van der Waals surface area contributed by atoms with Gasteiger partial charge in [0.2, 0.25) is 0 Å². The molecule has 6 nitrogen and oxygen atoms in total. The molecule has 10 heteroatoms. The zero-order chi connectivity index (χ0) is 27.6. The largest absolute Gasteiger partial charge is 0.493 e. The van der Waals surface area contributed by atoms with Gasteiger partial charge in [-0.05, 0) is 69.1 Å². The summed E-state index contributed by atoms with van der Waals surface area (Å²) in [5.74, 6) is -2.94. The number of halogens is 4. The van der Waals surface area contributed by atoms with Crippen molar-refractivity contribution in [3.63, 3.8) is 0 Å². The van der Waals surface area contributed by atoms with Crippen LogP contribution < -0.4 is 5.32 Å². The molecular formula is C28H35F4N3O3. The molecule has 2 aromatic rings. The van der Waals surface area contributed by atoms with E-state index in [0.29, 0.717) is 42.5 Å². The van der Waals surface area contributed by atoms with Gasteiger partial charge in [0.25, 0.3) is 0 Å². The number of aliphatic carboxylic acids is 1. The third-order valence-electron chi connectivity index (χ3n) is 7.77. The minimum Gasteiger partial charge on any atom is -0.493 e. The molecule has 2 heterocycles. The molecule has 0 fully saturated rings. The van der Waals surface area contributed by atoms with Gasteiger partial charge in [0.1, 0.15) is 24.0 Å². The lowest BCUT2D eigenvalue weighted by molar-refractivity contribution is -0.142. The van der Waals surface area contributed by atoms with Crippen molar-refractivity contribution < 1.29 is 32.2 Å². The minimum absolute atomic E-state index is 0.0330. The van der Waals surface area contributed by atoms with Gasteiger partial charge < -0.3 is 20.1 Å². The van der Waals surface area contributed by atoms with Gasteiger partial charge >= 0.3 is 5.97 Å². The van der Waals surface area contributed by atoms with Gasteiger partial charge in [-0.2, -0.15) is 0 Å². The van der Waals surface area contributed by atoms with Gasteiger partial charge in [0.15, 0.2) is 6.17 Å². The lowest BCUT2D eigenvalue weighted by Gasteiger charge is -2.50. The first-order chi connectivity index (χ1) is 18.1. The maximum Gasteiger partial charge on any atom is 0.307 e. The van der Waals surface area contributed by atoms with Crippen molar-refractivity contribution in [3.8, 4) is 0 Å². The minimum atomic E-state index is -1.88. The van der Waals surface area contributed by atoms with Crippen LogP contribution in [0.4, 0.5) is 17.6 Å². The molecule has 0 amide bonds. The molecule has 1 aromatic heterocycles. The van der Waals surface area contributed by atoms with Crippen LogP contribution in [0, 0.1) is 17.2 Å². The summed E-state index contributed by atoms with van der Waals surface area (Å²) in [5, 5.41) is 13.3. The van der Waals surface area contributed by atoms with Crippen molar-refractivity contribution in [2.45, 2.75) is 51.9 Å². The number of rotatable bonds is 11. The Labute approximate surface area is 219 Å². The van der Waals surface area contributed by atoms with Crippen LogP contribution in [0.15, 0.2) is 41.9 Å². The average molecular weight is 538 g/mol. The summed E-state index contributed by atoms with van der Waals surface area (Å²) in [6.45, 7) is 5.51. The number of carboxylic acids is 1. The first-order valence-electron chi connectivity index (χ1n) is 13.0. The van der Waals surface area contributed by atoms with Crippen LogP contribution in [-0.4, -0.2) is 66.1 Å². The van der Waals surface area contributed by atoms with E-state index in [4.69, 9.17) is 4.74 Å². The predicted molar refractivity (Wildman–Crippen MR) is 137 cm³/mol. The summed E-state index contributed by atoms with van der Waals surface area (Å²) in [6, 6.07) is 3.14. The highest BCUT2D eigenvalue weighted by Gasteiger charge is 2.55. The lowest BCUT2D eigenvalue weighted by atomic mass is 9.69. The number of nitrogens with zero attached hydrogens (tertiary/aromatic N) is 1. The Balaban J connectivity index is 1.73. The highest BCUT2D eigenvalue weighted by molar-refractivity contribution is 5.85. The van der Waals surface area contributed by atoms with Crippen molar-refractivity contribution in [3.05, 3.63) is 59.0 Å². The molecule has 208 valence electrons. The maximum atomic E-state index is 16.4. The fraction of sp³-hybridized carbons (Fsp3) is 0.536. The first kappa shape index (κ1) is 28.2. The van der Waals surface area contributed by atoms with E-state index in [1.165, 1.54) is 31.2 Å². The number of aromatic amines is 1. The first-order valence-corrected chi connectivity index (χ1v) is 13.0. The van der Waals surface area contributed by atoms with Crippen molar-refractivity contribution in [1.82, 2.24) is 15.2 Å². The number of benzene rings is 1. The Kier molecular flexibility index (Phi) is 8.52. The molecule has 1 aliphatic carbocycles. The summed E-state index contributed by atoms with van der Waals surface area (Å²) < 4.78 is 64.4. The van der Waals surface area contributed by atoms with E-state index < -0.39 is 47.8 Å². The Morgan fingerprint density at radius 2 is 2.08 bits per heavy atom. The number of nitrogens with one attached hydrogen (secondary N) is 2. The Bertz CT molecular complexity index is 1230. The van der Waals surface area contributed by atoms with Crippen LogP contribution >= 0.6 is 0 Å². The van der Waals surface area contributed by atoms with Crippen molar-refractivity contribution in [2.24, 2.45) is 11.3 Å². The number of alkyl halides is 2. The van der Waals surface area contributed by atoms with E-state index in [0.717, 1.165) is 5.56 Å². The highest BCUT2D eigenvalue weighted by Crippen LogP contribution is 2.55. The summed E-state index contributed by atoms with van der Waals surface area (Å²) in [7, 11) is 0. The number of H-pyrrole nitrogens is 1. The number of fused-ring (bicyclic) bond motifs is 3. The standard InChI is InChI=1S/C28H35F4N3O3/c1-16(27(36)37)15-35-17(2)13-20-19-14-18(30)5-6-21(19)34-24(20)26(35)28(3)23(31)8-7-22(25(28)32)38-12-11-33-10-4-9-29/h5-8,14,16-17,25-26,33-34H,4,9-13,15H2,1-3H3,(H,36,37)/t16-,17+,25?,26-,28?/m0/s1. The third kappa shape index (κ3) is 5.20. The molecule has 0 saturated heterocycles. The highest BCUT2D eigenvalue weighted by atomic mass is 19.1.